The summed E-state index contributed by atoms with van der Waals surface area (Å²) in [6.07, 6.45) is 1.98. The number of nitrogens with one attached hydrogen (secondary N) is 1. The van der Waals surface area contributed by atoms with Crippen LogP contribution in [-0.4, -0.2) is 33.7 Å². The Bertz CT molecular complexity index is 506. The molecule has 20 heavy (non-hydrogen) atoms. The van der Waals surface area contributed by atoms with Gasteiger partial charge in [-0.15, -0.1) is 0 Å². The summed E-state index contributed by atoms with van der Waals surface area (Å²) in [7, 11) is 0. The fourth-order valence-electron chi connectivity index (χ4n) is 2.37. The molecule has 0 amide bonds. The highest BCUT2D eigenvalue weighted by Gasteiger charge is 2.29. The molecular weight excluding hydrogens is 262 g/mol. The molecule has 0 radical (unpaired) electrons. The van der Waals surface area contributed by atoms with E-state index in [4.69, 9.17) is 5.84 Å². The first-order valence-electron chi connectivity index (χ1n) is 6.52. The lowest BCUT2D eigenvalue weighted by Crippen LogP contribution is -2.29. The van der Waals surface area contributed by atoms with Crippen molar-refractivity contribution in [3.63, 3.8) is 0 Å². The van der Waals surface area contributed by atoms with E-state index in [1.165, 1.54) is 12.1 Å². The SMILES string of the molecule is CC1(O)CCCN(c2nc(NN)ccc2[N+](=O)[O-])CC1. The second-order valence-corrected chi connectivity index (χ2v) is 5.28. The Morgan fingerprint density at radius 2 is 2.25 bits per heavy atom. The van der Waals surface area contributed by atoms with Gasteiger partial charge in [0.2, 0.25) is 5.82 Å². The number of nitrogen functional groups attached to an aromatic ring is 1. The number of pyridine rings is 1. The summed E-state index contributed by atoms with van der Waals surface area (Å²) in [5.41, 5.74) is 1.62. The van der Waals surface area contributed by atoms with Crippen molar-refractivity contribution in [2.75, 3.05) is 23.4 Å². The second-order valence-electron chi connectivity index (χ2n) is 5.28. The molecule has 8 nitrogen and oxygen atoms in total. The summed E-state index contributed by atoms with van der Waals surface area (Å²) < 4.78 is 0. The minimum Gasteiger partial charge on any atom is -0.390 e. The quantitative estimate of drug-likeness (QED) is 0.430. The molecule has 8 heteroatoms. The summed E-state index contributed by atoms with van der Waals surface area (Å²) in [5.74, 6) is 5.98. The molecule has 2 heterocycles. The molecule has 1 aromatic rings. The van der Waals surface area contributed by atoms with Gasteiger partial charge in [-0.25, -0.2) is 10.8 Å². The predicted molar refractivity (Wildman–Crippen MR) is 75.4 cm³/mol. The molecular formula is C12H19N5O3. The highest BCUT2D eigenvalue weighted by molar-refractivity contribution is 5.61. The number of rotatable bonds is 3. The normalized spacial score (nSPS) is 23.2. The molecule has 0 bridgehead atoms. The van der Waals surface area contributed by atoms with Crippen LogP contribution in [0.4, 0.5) is 17.3 Å². The third-order valence-corrected chi connectivity index (χ3v) is 3.56. The maximum Gasteiger partial charge on any atom is 0.311 e. The molecule has 1 saturated heterocycles. The van der Waals surface area contributed by atoms with Crippen LogP contribution in [0.15, 0.2) is 12.1 Å². The maximum absolute atomic E-state index is 11.1. The predicted octanol–water partition coefficient (Wildman–Crippen LogP) is 1.02. The van der Waals surface area contributed by atoms with Crippen LogP contribution in [0.25, 0.3) is 0 Å². The molecule has 1 aliphatic rings. The Balaban J connectivity index is 2.32. The zero-order valence-corrected chi connectivity index (χ0v) is 11.4. The van der Waals surface area contributed by atoms with E-state index in [1.54, 1.807) is 6.92 Å². The molecule has 4 N–H and O–H groups in total. The smallest absolute Gasteiger partial charge is 0.311 e. The summed E-state index contributed by atoms with van der Waals surface area (Å²) in [5, 5.41) is 21.2. The van der Waals surface area contributed by atoms with Gasteiger partial charge in [0, 0.05) is 19.2 Å². The first-order valence-corrected chi connectivity index (χ1v) is 6.52. The Hall–Kier alpha value is -1.93. The maximum atomic E-state index is 11.1. The van der Waals surface area contributed by atoms with E-state index in [0.29, 0.717) is 37.6 Å². The molecule has 0 aromatic carbocycles. The van der Waals surface area contributed by atoms with E-state index in [-0.39, 0.29) is 5.69 Å². The van der Waals surface area contributed by atoms with E-state index in [0.717, 1.165) is 6.42 Å². The molecule has 1 atom stereocenters. The lowest BCUT2D eigenvalue weighted by molar-refractivity contribution is -0.384. The van der Waals surface area contributed by atoms with Gasteiger partial charge in [-0.1, -0.05) is 0 Å². The largest absolute Gasteiger partial charge is 0.390 e. The van der Waals surface area contributed by atoms with Gasteiger partial charge < -0.3 is 15.4 Å². The van der Waals surface area contributed by atoms with Crippen molar-refractivity contribution in [1.29, 1.82) is 0 Å². The van der Waals surface area contributed by atoms with Gasteiger partial charge in [0.05, 0.1) is 10.5 Å². The number of hydrazine groups is 1. The minimum absolute atomic E-state index is 0.0504. The topological polar surface area (TPSA) is 118 Å². The van der Waals surface area contributed by atoms with Crippen LogP contribution in [-0.2, 0) is 0 Å². The van der Waals surface area contributed by atoms with Crippen LogP contribution in [0.1, 0.15) is 26.2 Å². The summed E-state index contributed by atoms with van der Waals surface area (Å²) in [6.45, 7) is 2.93. The van der Waals surface area contributed by atoms with E-state index in [2.05, 4.69) is 10.4 Å². The summed E-state index contributed by atoms with van der Waals surface area (Å²) in [6, 6.07) is 2.86. The van der Waals surface area contributed by atoms with Gasteiger partial charge in [-0.2, -0.15) is 0 Å². The average Bonchev–Trinajstić information content (AvgIpc) is 2.58. The van der Waals surface area contributed by atoms with Crippen LogP contribution in [0, 0.1) is 10.1 Å². The number of aromatic nitrogens is 1. The van der Waals surface area contributed by atoms with Crippen molar-refractivity contribution in [3.8, 4) is 0 Å². The number of hydrogen-bond donors (Lipinski definition) is 3. The molecule has 0 spiro atoms. The van der Waals surface area contributed by atoms with E-state index < -0.39 is 10.5 Å². The van der Waals surface area contributed by atoms with Crippen molar-refractivity contribution < 1.29 is 10.0 Å². The third kappa shape index (κ3) is 3.14. The summed E-state index contributed by atoms with van der Waals surface area (Å²) >= 11 is 0. The molecule has 1 unspecified atom stereocenters. The van der Waals surface area contributed by atoms with Gasteiger partial charge in [-0.3, -0.25) is 10.1 Å². The highest BCUT2D eigenvalue weighted by Crippen LogP contribution is 2.31. The third-order valence-electron chi connectivity index (χ3n) is 3.56. The van der Waals surface area contributed by atoms with Crippen molar-refractivity contribution in [3.05, 3.63) is 22.2 Å². The van der Waals surface area contributed by atoms with E-state index in [1.807, 2.05) is 4.90 Å². The molecule has 1 fully saturated rings. The van der Waals surface area contributed by atoms with E-state index >= 15 is 0 Å². The number of nitrogens with two attached hydrogens (primary N) is 1. The number of anilines is 2. The second kappa shape index (κ2) is 5.59. The van der Waals surface area contributed by atoms with Gasteiger partial charge in [0.15, 0.2) is 0 Å². The number of nitrogens with zero attached hydrogens (tertiary/aromatic N) is 3. The zero-order valence-electron chi connectivity index (χ0n) is 11.4. The van der Waals surface area contributed by atoms with Gasteiger partial charge in [0.25, 0.3) is 0 Å². The van der Waals surface area contributed by atoms with Crippen LogP contribution in [0.3, 0.4) is 0 Å². The van der Waals surface area contributed by atoms with Crippen molar-refractivity contribution >= 4 is 17.3 Å². The molecule has 0 aliphatic carbocycles. The first kappa shape index (κ1) is 14.5. The Morgan fingerprint density at radius 1 is 1.50 bits per heavy atom. The molecule has 1 aromatic heterocycles. The number of nitro groups is 1. The van der Waals surface area contributed by atoms with Crippen LogP contribution in [0.2, 0.25) is 0 Å². The number of aliphatic hydroxyl groups is 1. The van der Waals surface area contributed by atoms with Crippen molar-refractivity contribution in [1.82, 2.24) is 4.98 Å². The molecule has 0 saturated carbocycles. The standard InChI is InChI=1S/C12H19N5O3/c1-12(18)5-2-7-16(8-6-12)11-9(17(19)20)3-4-10(14-11)15-13/h3-4,18H,2,5-8,13H2,1H3,(H,14,15). The van der Waals surface area contributed by atoms with Crippen molar-refractivity contribution in [2.45, 2.75) is 31.8 Å². The Kier molecular flexibility index (Phi) is 4.05. The highest BCUT2D eigenvalue weighted by atomic mass is 16.6. The Labute approximate surface area is 116 Å². The fraction of sp³-hybridized carbons (Fsp3) is 0.583. The van der Waals surface area contributed by atoms with Crippen molar-refractivity contribution in [2.24, 2.45) is 5.84 Å². The van der Waals surface area contributed by atoms with Crippen LogP contribution in [0.5, 0.6) is 0 Å². The Morgan fingerprint density at radius 3 is 2.90 bits per heavy atom. The average molecular weight is 281 g/mol. The minimum atomic E-state index is -0.729. The molecule has 1 aliphatic heterocycles. The van der Waals surface area contributed by atoms with Crippen LogP contribution >= 0.6 is 0 Å². The van der Waals surface area contributed by atoms with Gasteiger partial charge in [-0.05, 0) is 32.3 Å². The number of hydrogen-bond acceptors (Lipinski definition) is 7. The molecule has 110 valence electrons. The van der Waals surface area contributed by atoms with E-state index in [9.17, 15) is 15.2 Å². The molecule has 2 rings (SSSR count). The fourth-order valence-corrected chi connectivity index (χ4v) is 2.37. The lowest BCUT2D eigenvalue weighted by Gasteiger charge is -2.23. The lowest BCUT2D eigenvalue weighted by atomic mass is 9.98. The first-order chi connectivity index (χ1) is 9.43. The summed E-state index contributed by atoms with van der Waals surface area (Å²) in [4.78, 5) is 16.7. The zero-order chi connectivity index (χ0) is 14.8. The van der Waals surface area contributed by atoms with Crippen LogP contribution < -0.4 is 16.2 Å². The van der Waals surface area contributed by atoms with Gasteiger partial charge in [0.1, 0.15) is 5.82 Å². The monoisotopic (exact) mass is 281 g/mol. The van der Waals surface area contributed by atoms with Gasteiger partial charge >= 0.3 is 5.69 Å².